The van der Waals surface area contributed by atoms with Gasteiger partial charge in [0, 0.05) is 13.0 Å². The Hall–Kier alpha value is -1.63. The van der Waals surface area contributed by atoms with Gasteiger partial charge in [-0.1, -0.05) is 20.3 Å². The average molecular weight is 244 g/mol. The van der Waals surface area contributed by atoms with Gasteiger partial charge < -0.3 is 16.8 Å². The van der Waals surface area contributed by atoms with Crippen LogP contribution in [-0.4, -0.2) is 30.4 Å². The fraction of sp³-hybridized carbons (Fsp3) is 0.700. The third-order valence-electron chi connectivity index (χ3n) is 2.47. The van der Waals surface area contributed by atoms with Gasteiger partial charge in [-0.3, -0.25) is 14.9 Å². The molecule has 0 aliphatic rings. The van der Waals surface area contributed by atoms with Crippen LogP contribution in [0, 0.1) is 5.92 Å². The van der Waals surface area contributed by atoms with E-state index in [0.29, 0.717) is 0 Å². The second-order valence-corrected chi connectivity index (χ2v) is 3.86. The molecular weight excluding hydrogens is 224 g/mol. The number of hydrogen-bond donors (Lipinski definition) is 4. The number of primary amides is 1. The molecule has 2 unspecified atom stereocenters. The van der Waals surface area contributed by atoms with Gasteiger partial charge in [-0.2, -0.15) is 0 Å². The lowest BCUT2D eigenvalue weighted by Crippen LogP contribution is -2.45. The van der Waals surface area contributed by atoms with Crippen molar-refractivity contribution in [3.05, 3.63) is 0 Å². The normalized spacial score (nSPS) is 13.6. The van der Waals surface area contributed by atoms with Crippen LogP contribution < -0.4 is 22.1 Å². The molecule has 6 N–H and O–H groups in total. The molecule has 0 radical (unpaired) electrons. The zero-order valence-electron chi connectivity index (χ0n) is 10.2. The van der Waals surface area contributed by atoms with Crippen molar-refractivity contribution < 1.29 is 14.4 Å². The molecule has 0 aromatic rings. The Morgan fingerprint density at radius 1 is 1.29 bits per heavy atom. The molecule has 98 valence electrons. The number of amides is 4. The van der Waals surface area contributed by atoms with Crippen molar-refractivity contribution in [2.24, 2.45) is 17.4 Å². The van der Waals surface area contributed by atoms with Crippen LogP contribution in [-0.2, 0) is 9.59 Å². The molecule has 0 aromatic heterocycles. The quantitative estimate of drug-likeness (QED) is 0.481. The highest BCUT2D eigenvalue weighted by atomic mass is 16.2. The van der Waals surface area contributed by atoms with Crippen LogP contribution in [0.2, 0.25) is 0 Å². The molecule has 7 heteroatoms. The molecule has 2 atom stereocenters. The second-order valence-electron chi connectivity index (χ2n) is 3.86. The first-order valence-corrected chi connectivity index (χ1v) is 5.51. The van der Waals surface area contributed by atoms with Crippen LogP contribution in [0.3, 0.4) is 0 Å². The predicted molar refractivity (Wildman–Crippen MR) is 62.8 cm³/mol. The number of imide groups is 1. The molecule has 0 heterocycles. The molecule has 0 aliphatic carbocycles. The highest BCUT2D eigenvalue weighted by Crippen LogP contribution is 2.04. The first-order chi connectivity index (χ1) is 7.88. The van der Waals surface area contributed by atoms with Crippen LogP contribution in [0.4, 0.5) is 4.79 Å². The number of hydrogen-bond acceptors (Lipinski definition) is 4. The maximum atomic E-state index is 11.5. The molecular formula is C10H20N4O3. The topological polar surface area (TPSA) is 127 Å². The molecule has 4 amide bonds. The summed E-state index contributed by atoms with van der Waals surface area (Å²) in [6, 6.07) is -1.49. The van der Waals surface area contributed by atoms with Crippen LogP contribution in [0.15, 0.2) is 0 Å². The number of nitrogens with one attached hydrogen (secondary N) is 2. The third-order valence-corrected chi connectivity index (χ3v) is 2.47. The summed E-state index contributed by atoms with van der Waals surface area (Å²) in [7, 11) is 0. The summed E-state index contributed by atoms with van der Waals surface area (Å²) in [6.07, 6.45) is 0.790. The number of urea groups is 1. The van der Waals surface area contributed by atoms with Gasteiger partial charge in [-0.25, -0.2) is 4.79 Å². The maximum absolute atomic E-state index is 11.5. The fourth-order valence-electron chi connectivity index (χ4n) is 1.13. The van der Waals surface area contributed by atoms with Gasteiger partial charge in [-0.05, 0) is 5.92 Å². The van der Waals surface area contributed by atoms with E-state index in [4.69, 9.17) is 11.5 Å². The summed E-state index contributed by atoms with van der Waals surface area (Å²) < 4.78 is 0. The van der Waals surface area contributed by atoms with Crippen LogP contribution >= 0.6 is 0 Å². The SMILES string of the molecule is CCC(C)C(N)C(=O)NCCC(=O)NC(N)=O. The van der Waals surface area contributed by atoms with Crippen molar-refractivity contribution in [1.82, 2.24) is 10.6 Å². The molecule has 7 nitrogen and oxygen atoms in total. The maximum Gasteiger partial charge on any atom is 0.318 e. The lowest BCUT2D eigenvalue weighted by molar-refractivity contribution is -0.123. The highest BCUT2D eigenvalue weighted by molar-refractivity contribution is 5.93. The molecule has 0 bridgehead atoms. The monoisotopic (exact) mass is 244 g/mol. The lowest BCUT2D eigenvalue weighted by atomic mass is 9.99. The van der Waals surface area contributed by atoms with Crippen LogP contribution in [0.5, 0.6) is 0 Å². The number of carbonyl (C=O) groups excluding carboxylic acids is 3. The predicted octanol–water partition coefficient (Wildman–Crippen LogP) is -0.939. The van der Waals surface area contributed by atoms with E-state index in [-0.39, 0.29) is 24.8 Å². The van der Waals surface area contributed by atoms with Crippen molar-refractivity contribution >= 4 is 17.8 Å². The number of carbonyl (C=O) groups is 3. The van der Waals surface area contributed by atoms with Crippen molar-refractivity contribution in [3.63, 3.8) is 0 Å². The Morgan fingerprint density at radius 3 is 2.35 bits per heavy atom. The number of rotatable bonds is 6. The minimum absolute atomic E-state index is 0.0120. The molecule has 0 rings (SSSR count). The van der Waals surface area contributed by atoms with E-state index in [1.165, 1.54) is 0 Å². The molecule has 0 saturated carbocycles. The van der Waals surface area contributed by atoms with Crippen LogP contribution in [0.1, 0.15) is 26.7 Å². The van der Waals surface area contributed by atoms with Crippen molar-refractivity contribution in [2.75, 3.05) is 6.54 Å². The Labute approximate surface area is 100 Å². The third kappa shape index (κ3) is 6.52. The summed E-state index contributed by atoms with van der Waals surface area (Å²) in [6.45, 7) is 3.95. The smallest absolute Gasteiger partial charge is 0.318 e. The molecule has 0 spiro atoms. The van der Waals surface area contributed by atoms with E-state index in [9.17, 15) is 14.4 Å². The van der Waals surface area contributed by atoms with E-state index in [0.717, 1.165) is 6.42 Å². The largest absolute Gasteiger partial charge is 0.354 e. The molecule has 0 fully saturated rings. The fourth-order valence-corrected chi connectivity index (χ4v) is 1.13. The van der Waals surface area contributed by atoms with Gasteiger partial charge in [0.15, 0.2) is 0 Å². The van der Waals surface area contributed by atoms with Gasteiger partial charge >= 0.3 is 6.03 Å². The van der Waals surface area contributed by atoms with Gasteiger partial charge in [0.25, 0.3) is 0 Å². The van der Waals surface area contributed by atoms with Crippen LogP contribution in [0.25, 0.3) is 0 Å². The Balaban J connectivity index is 3.85. The van der Waals surface area contributed by atoms with Crippen molar-refractivity contribution in [3.8, 4) is 0 Å². The Bertz CT molecular complexity index is 293. The zero-order chi connectivity index (χ0) is 13.4. The summed E-state index contributed by atoms with van der Waals surface area (Å²) in [5, 5.41) is 4.42. The Morgan fingerprint density at radius 2 is 1.88 bits per heavy atom. The number of nitrogens with two attached hydrogens (primary N) is 2. The summed E-state index contributed by atoms with van der Waals surface area (Å²) in [5.41, 5.74) is 10.4. The Kier molecular flexibility index (Phi) is 6.88. The summed E-state index contributed by atoms with van der Waals surface area (Å²) in [5.74, 6) is -0.754. The van der Waals surface area contributed by atoms with E-state index < -0.39 is 18.0 Å². The standard InChI is InChI=1S/C10H20N4O3/c1-3-6(2)8(11)9(16)13-5-4-7(15)14-10(12)17/h6,8H,3-5,11H2,1-2H3,(H,13,16)(H3,12,14,15,17). The molecule has 0 aromatic carbocycles. The molecule has 0 aliphatic heterocycles. The van der Waals surface area contributed by atoms with Crippen molar-refractivity contribution in [2.45, 2.75) is 32.7 Å². The average Bonchev–Trinajstić information content (AvgIpc) is 2.25. The highest BCUT2D eigenvalue weighted by Gasteiger charge is 2.18. The van der Waals surface area contributed by atoms with E-state index in [1.807, 2.05) is 19.2 Å². The van der Waals surface area contributed by atoms with E-state index in [2.05, 4.69) is 5.32 Å². The minimum atomic E-state index is -0.905. The minimum Gasteiger partial charge on any atom is -0.354 e. The summed E-state index contributed by atoms with van der Waals surface area (Å²) in [4.78, 5) is 32.8. The lowest BCUT2D eigenvalue weighted by Gasteiger charge is -2.17. The second kappa shape index (κ2) is 7.61. The van der Waals surface area contributed by atoms with Gasteiger partial charge in [0.2, 0.25) is 11.8 Å². The first-order valence-electron chi connectivity index (χ1n) is 5.51. The van der Waals surface area contributed by atoms with Gasteiger partial charge in [0.1, 0.15) is 0 Å². The van der Waals surface area contributed by atoms with E-state index >= 15 is 0 Å². The molecule has 0 saturated heterocycles. The van der Waals surface area contributed by atoms with Crippen molar-refractivity contribution in [1.29, 1.82) is 0 Å². The first kappa shape index (κ1) is 15.4. The van der Waals surface area contributed by atoms with Gasteiger partial charge in [0.05, 0.1) is 6.04 Å². The van der Waals surface area contributed by atoms with Gasteiger partial charge in [-0.15, -0.1) is 0 Å². The van der Waals surface area contributed by atoms with E-state index in [1.54, 1.807) is 0 Å². The summed E-state index contributed by atoms with van der Waals surface area (Å²) >= 11 is 0. The molecule has 17 heavy (non-hydrogen) atoms. The zero-order valence-corrected chi connectivity index (χ0v) is 10.2.